The van der Waals surface area contributed by atoms with E-state index in [4.69, 9.17) is 9.15 Å². The monoisotopic (exact) mass is 329 g/mol. The second-order valence-corrected chi connectivity index (χ2v) is 5.81. The van der Waals surface area contributed by atoms with Crippen molar-refractivity contribution in [1.82, 2.24) is 15.1 Å². The van der Waals surface area contributed by atoms with E-state index in [0.29, 0.717) is 6.54 Å². The fraction of sp³-hybridized carbons (Fsp3) is 0.389. The number of piperazine rings is 1. The van der Waals surface area contributed by atoms with E-state index in [9.17, 15) is 4.79 Å². The number of ether oxygens (including phenoxy) is 1. The van der Waals surface area contributed by atoms with Crippen LogP contribution in [0.4, 0.5) is 4.79 Å². The molecule has 1 aromatic heterocycles. The first-order chi connectivity index (χ1) is 11.8. The second-order valence-electron chi connectivity index (χ2n) is 5.81. The first kappa shape index (κ1) is 16.4. The van der Waals surface area contributed by atoms with Crippen LogP contribution in [-0.4, -0.2) is 49.1 Å². The molecule has 128 valence electrons. The van der Waals surface area contributed by atoms with Crippen molar-refractivity contribution in [2.45, 2.75) is 13.1 Å². The first-order valence-corrected chi connectivity index (χ1v) is 8.15. The Morgan fingerprint density at radius 3 is 2.67 bits per heavy atom. The maximum absolute atomic E-state index is 12.3. The highest BCUT2D eigenvalue weighted by Gasteiger charge is 2.21. The van der Waals surface area contributed by atoms with Crippen LogP contribution in [0, 0.1) is 0 Å². The Hall–Kier alpha value is -2.47. The molecule has 1 aliphatic rings. The van der Waals surface area contributed by atoms with Gasteiger partial charge in [0.05, 0.1) is 19.9 Å². The van der Waals surface area contributed by atoms with Gasteiger partial charge in [-0.3, -0.25) is 4.90 Å². The van der Waals surface area contributed by atoms with Crippen molar-refractivity contribution < 1.29 is 13.9 Å². The van der Waals surface area contributed by atoms with Gasteiger partial charge in [0.25, 0.3) is 0 Å². The molecule has 3 rings (SSSR count). The zero-order valence-electron chi connectivity index (χ0n) is 13.9. The fourth-order valence-electron chi connectivity index (χ4n) is 2.86. The van der Waals surface area contributed by atoms with Gasteiger partial charge in [0.15, 0.2) is 0 Å². The fourth-order valence-corrected chi connectivity index (χ4v) is 2.86. The van der Waals surface area contributed by atoms with Crippen LogP contribution in [0.1, 0.15) is 11.3 Å². The smallest absolute Gasteiger partial charge is 0.317 e. The van der Waals surface area contributed by atoms with Crippen molar-refractivity contribution in [2.24, 2.45) is 0 Å². The minimum atomic E-state index is -0.0291. The largest absolute Gasteiger partial charge is 0.496 e. The molecule has 1 aromatic carbocycles. The molecule has 2 heterocycles. The van der Waals surface area contributed by atoms with Gasteiger partial charge in [-0.15, -0.1) is 0 Å². The number of hydrogen-bond donors (Lipinski definition) is 1. The van der Waals surface area contributed by atoms with Crippen molar-refractivity contribution in [2.75, 3.05) is 33.3 Å². The normalized spacial score (nSPS) is 15.3. The summed E-state index contributed by atoms with van der Waals surface area (Å²) in [5.74, 6) is 1.75. The molecular weight excluding hydrogens is 306 g/mol. The molecular formula is C18H23N3O3. The Kier molecular flexibility index (Phi) is 5.38. The Bertz CT molecular complexity index is 649. The number of amides is 2. The SMILES string of the molecule is COc1ccccc1CNC(=O)N1CCN(Cc2ccco2)CC1. The molecule has 0 atom stereocenters. The highest BCUT2D eigenvalue weighted by atomic mass is 16.5. The lowest BCUT2D eigenvalue weighted by atomic mass is 10.2. The standard InChI is InChI=1S/C18H23N3O3/c1-23-17-7-3-2-5-15(17)13-19-18(22)21-10-8-20(9-11-21)14-16-6-4-12-24-16/h2-7,12H,8-11,13-14H2,1H3,(H,19,22). The first-order valence-electron chi connectivity index (χ1n) is 8.15. The van der Waals surface area contributed by atoms with Gasteiger partial charge in [0, 0.05) is 38.3 Å². The van der Waals surface area contributed by atoms with Crippen molar-refractivity contribution in [1.29, 1.82) is 0 Å². The van der Waals surface area contributed by atoms with Gasteiger partial charge >= 0.3 is 6.03 Å². The third kappa shape index (κ3) is 4.08. The average Bonchev–Trinajstić information content (AvgIpc) is 3.13. The molecule has 0 aliphatic carbocycles. The molecule has 0 unspecified atom stereocenters. The summed E-state index contributed by atoms with van der Waals surface area (Å²) in [6.45, 7) is 4.40. The third-order valence-corrected chi connectivity index (χ3v) is 4.24. The number of urea groups is 1. The molecule has 0 bridgehead atoms. The van der Waals surface area contributed by atoms with Gasteiger partial charge < -0.3 is 19.4 Å². The molecule has 2 amide bonds. The maximum Gasteiger partial charge on any atom is 0.317 e. The van der Waals surface area contributed by atoms with Crippen molar-refractivity contribution in [3.63, 3.8) is 0 Å². The molecule has 6 heteroatoms. The van der Waals surface area contributed by atoms with Crippen LogP contribution in [0.15, 0.2) is 47.1 Å². The lowest BCUT2D eigenvalue weighted by Crippen LogP contribution is -2.51. The van der Waals surface area contributed by atoms with E-state index in [1.807, 2.05) is 41.3 Å². The highest BCUT2D eigenvalue weighted by molar-refractivity contribution is 5.74. The Morgan fingerprint density at radius 1 is 1.17 bits per heavy atom. The number of furan rings is 1. The third-order valence-electron chi connectivity index (χ3n) is 4.24. The number of rotatable bonds is 5. The van der Waals surface area contributed by atoms with Gasteiger partial charge in [-0.05, 0) is 18.2 Å². The molecule has 6 nitrogen and oxygen atoms in total. The summed E-state index contributed by atoms with van der Waals surface area (Å²) in [6, 6.07) is 11.6. The summed E-state index contributed by atoms with van der Waals surface area (Å²) in [6.07, 6.45) is 1.69. The van der Waals surface area contributed by atoms with E-state index in [1.54, 1.807) is 13.4 Å². The van der Waals surface area contributed by atoms with Crippen molar-refractivity contribution >= 4 is 6.03 Å². The van der Waals surface area contributed by atoms with E-state index in [1.165, 1.54) is 0 Å². The quantitative estimate of drug-likeness (QED) is 0.914. The Morgan fingerprint density at radius 2 is 1.96 bits per heavy atom. The zero-order chi connectivity index (χ0) is 16.8. The molecule has 24 heavy (non-hydrogen) atoms. The van der Waals surface area contributed by atoms with Crippen LogP contribution < -0.4 is 10.1 Å². The molecule has 1 aliphatic heterocycles. The summed E-state index contributed by atoms with van der Waals surface area (Å²) in [4.78, 5) is 16.5. The van der Waals surface area contributed by atoms with Crippen LogP contribution in [-0.2, 0) is 13.1 Å². The number of nitrogens with zero attached hydrogens (tertiary/aromatic N) is 2. The summed E-state index contributed by atoms with van der Waals surface area (Å²) in [7, 11) is 1.64. The lowest BCUT2D eigenvalue weighted by molar-refractivity contribution is 0.130. The van der Waals surface area contributed by atoms with Gasteiger partial charge in [-0.2, -0.15) is 0 Å². The molecule has 0 radical (unpaired) electrons. The van der Waals surface area contributed by atoms with Crippen LogP contribution in [0.3, 0.4) is 0 Å². The summed E-state index contributed by atoms with van der Waals surface area (Å²) < 4.78 is 10.7. The average molecular weight is 329 g/mol. The van der Waals surface area contributed by atoms with Gasteiger partial charge in [0.1, 0.15) is 11.5 Å². The number of benzene rings is 1. The number of carbonyl (C=O) groups is 1. The van der Waals surface area contributed by atoms with Gasteiger partial charge in [0.2, 0.25) is 0 Å². The molecule has 2 aromatic rings. The number of methoxy groups -OCH3 is 1. The molecule has 1 N–H and O–H groups in total. The summed E-state index contributed by atoms with van der Waals surface area (Å²) >= 11 is 0. The number of para-hydroxylation sites is 1. The second kappa shape index (κ2) is 7.88. The molecule has 1 saturated heterocycles. The van der Waals surface area contributed by atoms with E-state index >= 15 is 0 Å². The molecule has 1 fully saturated rings. The van der Waals surface area contributed by atoms with E-state index < -0.39 is 0 Å². The Labute approximate surface area is 142 Å². The zero-order valence-corrected chi connectivity index (χ0v) is 13.9. The summed E-state index contributed by atoms with van der Waals surface area (Å²) in [5, 5.41) is 2.97. The van der Waals surface area contributed by atoms with Crippen molar-refractivity contribution in [3.8, 4) is 5.75 Å². The van der Waals surface area contributed by atoms with Gasteiger partial charge in [-0.1, -0.05) is 18.2 Å². The van der Waals surface area contributed by atoms with Gasteiger partial charge in [-0.25, -0.2) is 4.79 Å². The maximum atomic E-state index is 12.3. The predicted octanol–water partition coefficient (Wildman–Crippen LogP) is 2.32. The van der Waals surface area contributed by atoms with E-state index in [0.717, 1.165) is 49.8 Å². The topological polar surface area (TPSA) is 58.0 Å². The number of hydrogen-bond acceptors (Lipinski definition) is 4. The Balaban J connectivity index is 1.45. The van der Waals surface area contributed by atoms with Crippen LogP contribution in [0.2, 0.25) is 0 Å². The van der Waals surface area contributed by atoms with E-state index in [-0.39, 0.29) is 6.03 Å². The molecule has 0 spiro atoms. The van der Waals surface area contributed by atoms with Crippen LogP contribution in [0.5, 0.6) is 5.75 Å². The van der Waals surface area contributed by atoms with E-state index in [2.05, 4.69) is 10.2 Å². The minimum absolute atomic E-state index is 0.0291. The minimum Gasteiger partial charge on any atom is -0.496 e. The predicted molar refractivity (Wildman–Crippen MR) is 90.8 cm³/mol. The van der Waals surface area contributed by atoms with Crippen LogP contribution in [0.25, 0.3) is 0 Å². The number of nitrogens with one attached hydrogen (secondary N) is 1. The highest BCUT2D eigenvalue weighted by Crippen LogP contribution is 2.17. The number of carbonyl (C=O) groups excluding carboxylic acids is 1. The lowest BCUT2D eigenvalue weighted by Gasteiger charge is -2.34. The summed E-state index contributed by atoms with van der Waals surface area (Å²) in [5.41, 5.74) is 0.977. The van der Waals surface area contributed by atoms with Crippen molar-refractivity contribution in [3.05, 3.63) is 54.0 Å². The van der Waals surface area contributed by atoms with Crippen LogP contribution >= 0.6 is 0 Å². The molecule has 0 saturated carbocycles.